The van der Waals surface area contributed by atoms with Crippen LogP contribution in [-0.2, 0) is 0 Å². The van der Waals surface area contributed by atoms with E-state index in [9.17, 15) is 4.79 Å². The van der Waals surface area contributed by atoms with Crippen LogP contribution in [0.25, 0.3) is 10.4 Å². The van der Waals surface area contributed by atoms with Crippen LogP contribution in [0, 0.1) is 0 Å². The second kappa shape index (κ2) is 3.71. The molecule has 0 N–H and O–H groups in total. The largest absolute Gasteiger partial charge is 0.298 e. The molecule has 0 aliphatic rings. The van der Waals surface area contributed by atoms with E-state index in [1.165, 1.54) is 12.4 Å². The van der Waals surface area contributed by atoms with Gasteiger partial charge in [-0.15, -0.1) is 0 Å². The Morgan fingerprint density at radius 2 is 2.42 bits per heavy atom. The van der Waals surface area contributed by atoms with Gasteiger partial charge >= 0.3 is 0 Å². The van der Waals surface area contributed by atoms with Crippen molar-refractivity contribution >= 4 is 23.6 Å². The van der Waals surface area contributed by atoms with E-state index >= 15 is 0 Å². The van der Waals surface area contributed by atoms with Crippen molar-refractivity contribution in [2.45, 2.75) is 0 Å². The van der Waals surface area contributed by atoms with Gasteiger partial charge in [0.25, 0.3) is 0 Å². The van der Waals surface area contributed by atoms with Crippen molar-refractivity contribution in [2.75, 3.05) is 0 Å². The van der Waals surface area contributed by atoms with Crippen LogP contribution >= 0.6 is 11.6 Å². The van der Waals surface area contributed by atoms with Crippen LogP contribution in [-0.4, -0.2) is 11.3 Å². The number of hydrogen-bond acceptors (Lipinski definition) is 3. The summed E-state index contributed by atoms with van der Waals surface area (Å²) in [6, 6.07) is 0. The van der Waals surface area contributed by atoms with E-state index in [2.05, 4.69) is 15.0 Å². The number of halogens is 1. The maximum atomic E-state index is 10.4. The fraction of sp³-hybridized carbons (Fsp3) is 0. The Bertz CT molecular complexity index is 359. The minimum atomic E-state index is 0.139. The molecule has 0 atom stereocenters. The predicted molar refractivity (Wildman–Crippen MR) is 43.4 cm³/mol. The maximum Gasteiger partial charge on any atom is 0.152 e. The highest BCUT2D eigenvalue weighted by atomic mass is 35.5. The van der Waals surface area contributed by atoms with E-state index in [0.29, 0.717) is 6.29 Å². The third kappa shape index (κ3) is 1.53. The summed E-state index contributed by atoms with van der Waals surface area (Å²) in [4.78, 5) is 16.6. The number of carbonyl (C=O) groups excluding carboxylic acids is 1. The lowest BCUT2D eigenvalue weighted by molar-refractivity contribution is 0.112. The van der Waals surface area contributed by atoms with Gasteiger partial charge in [-0.1, -0.05) is 16.7 Å². The summed E-state index contributed by atoms with van der Waals surface area (Å²) in [6.45, 7) is 0. The third-order valence-electron chi connectivity index (χ3n) is 1.19. The first kappa shape index (κ1) is 8.52. The van der Waals surface area contributed by atoms with Gasteiger partial charge in [-0.3, -0.25) is 9.78 Å². The highest BCUT2D eigenvalue weighted by Gasteiger charge is 2.03. The molecular formula is C6H3ClN4O. The summed E-state index contributed by atoms with van der Waals surface area (Å²) in [5.74, 6) is 0. The van der Waals surface area contributed by atoms with Crippen LogP contribution in [0.5, 0.6) is 0 Å². The Morgan fingerprint density at radius 3 is 3.00 bits per heavy atom. The summed E-state index contributed by atoms with van der Waals surface area (Å²) < 4.78 is 0. The molecule has 0 saturated heterocycles. The number of hydrogen-bond donors (Lipinski definition) is 0. The average Bonchev–Trinajstić information content (AvgIpc) is 2.05. The minimum Gasteiger partial charge on any atom is -0.298 e. The molecule has 0 aliphatic carbocycles. The molecule has 0 fully saturated rings. The summed E-state index contributed by atoms with van der Waals surface area (Å²) in [6.07, 6.45) is 3.10. The number of nitrogens with zero attached hydrogens (tertiary/aromatic N) is 4. The Kier molecular flexibility index (Phi) is 2.63. The molecule has 0 radical (unpaired) electrons. The molecule has 1 aromatic rings. The molecule has 1 aromatic heterocycles. The first-order chi connectivity index (χ1) is 5.79. The standard InChI is InChI=1S/C6H3ClN4O/c7-5-1-9-2-6(10-11-8)4(5)3-12/h1-3H. The molecule has 60 valence electrons. The summed E-state index contributed by atoms with van der Waals surface area (Å²) in [5.41, 5.74) is 8.40. The monoisotopic (exact) mass is 182 g/mol. The Balaban J connectivity index is 3.36. The molecule has 5 nitrogen and oxygen atoms in total. The van der Waals surface area contributed by atoms with Crippen LogP contribution < -0.4 is 0 Å². The number of azide groups is 1. The fourth-order valence-electron chi connectivity index (χ4n) is 0.679. The van der Waals surface area contributed by atoms with Crippen molar-refractivity contribution in [1.82, 2.24) is 4.98 Å². The molecule has 0 aromatic carbocycles. The van der Waals surface area contributed by atoms with Crippen LogP contribution in [0.1, 0.15) is 10.4 Å². The molecule has 0 saturated carbocycles. The van der Waals surface area contributed by atoms with Gasteiger partial charge in [0.1, 0.15) is 0 Å². The number of pyridine rings is 1. The molecule has 1 heterocycles. The lowest BCUT2D eigenvalue weighted by atomic mass is 10.2. The second-order valence-corrected chi connectivity index (χ2v) is 2.27. The number of rotatable bonds is 2. The molecule has 0 unspecified atom stereocenters. The van der Waals surface area contributed by atoms with Gasteiger partial charge in [-0.05, 0) is 5.53 Å². The van der Waals surface area contributed by atoms with Gasteiger partial charge in [0.05, 0.1) is 10.7 Å². The number of carbonyl (C=O) groups is 1. The van der Waals surface area contributed by atoms with E-state index in [-0.39, 0.29) is 16.3 Å². The highest BCUT2D eigenvalue weighted by molar-refractivity contribution is 6.33. The SMILES string of the molecule is [N-]=[N+]=Nc1cncc(Cl)c1C=O. The molecule has 12 heavy (non-hydrogen) atoms. The van der Waals surface area contributed by atoms with Gasteiger partial charge < -0.3 is 0 Å². The van der Waals surface area contributed by atoms with Crippen LogP contribution in [0.4, 0.5) is 5.69 Å². The van der Waals surface area contributed by atoms with Gasteiger partial charge in [0, 0.05) is 22.9 Å². The Morgan fingerprint density at radius 1 is 1.67 bits per heavy atom. The summed E-state index contributed by atoms with van der Waals surface area (Å²) in [7, 11) is 0. The second-order valence-electron chi connectivity index (χ2n) is 1.86. The van der Waals surface area contributed by atoms with Crippen molar-refractivity contribution < 1.29 is 4.79 Å². The van der Waals surface area contributed by atoms with E-state index in [1.807, 2.05) is 0 Å². The van der Waals surface area contributed by atoms with E-state index < -0.39 is 0 Å². The zero-order valence-electron chi connectivity index (χ0n) is 5.81. The van der Waals surface area contributed by atoms with Gasteiger partial charge in [0.15, 0.2) is 6.29 Å². The Hall–Kier alpha value is -1.58. The van der Waals surface area contributed by atoms with E-state index in [4.69, 9.17) is 17.1 Å². The Labute approximate surface area is 72.6 Å². The first-order valence-corrected chi connectivity index (χ1v) is 3.31. The number of aromatic nitrogens is 1. The van der Waals surface area contributed by atoms with Crippen molar-refractivity contribution in [3.8, 4) is 0 Å². The molecule has 0 aliphatic heterocycles. The fourth-order valence-corrected chi connectivity index (χ4v) is 0.877. The van der Waals surface area contributed by atoms with E-state index in [1.54, 1.807) is 0 Å². The molecule has 0 bridgehead atoms. The third-order valence-corrected chi connectivity index (χ3v) is 1.49. The van der Waals surface area contributed by atoms with Crippen LogP contribution in [0.3, 0.4) is 0 Å². The van der Waals surface area contributed by atoms with Crippen molar-refractivity contribution in [3.63, 3.8) is 0 Å². The van der Waals surface area contributed by atoms with Crippen LogP contribution in [0.2, 0.25) is 5.02 Å². The zero-order valence-corrected chi connectivity index (χ0v) is 6.56. The smallest absolute Gasteiger partial charge is 0.152 e. The van der Waals surface area contributed by atoms with Gasteiger partial charge in [0.2, 0.25) is 0 Å². The average molecular weight is 183 g/mol. The molecule has 1 rings (SSSR count). The van der Waals surface area contributed by atoms with Crippen molar-refractivity contribution in [1.29, 1.82) is 0 Å². The summed E-state index contributed by atoms with van der Waals surface area (Å²) in [5, 5.41) is 3.42. The molecule has 0 spiro atoms. The maximum absolute atomic E-state index is 10.4. The predicted octanol–water partition coefficient (Wildman–Crippen LogP) is 2.49. The van der Waals surface area contributed by atoms with Crippen molar-refractivity contribution in [2.24, 2.45) is 5.11 Å². The lowest BCUT2D eigenvalue weighted by Gasteiger charge is -1.96. The van der Waals surface area contributed by atoms with E-state index in [0.717, 1.165) is 0 Å². The molecular weight excluding hydrogens is 180 g/mol. The topological polar surface area (TPSA) is 78.7 Å². The highest BCUT2D eigenvalue weighted by Crippen LogP contribution is 2.23. The van der Waals surface area contributed by atoms with Crippen LogP contribution in [0.15, 0.2) is 17.5 Å². The van der Waals surface area contributed by atoms with Gasteiger partial charge in [-0.2, -0.15) is 0 Å². The number of aldehydes is 1. The summed E-state index contributed by atoms with van der Waals surface area (Å²) >= 11 is 5.59. The lowest BCUT2D eigenvalue weighted by Crippen LogP contribution is -1.84. The van der Waals surface area contributed by atoms with Gasteiger partial charge in [-0.25, -0.2) is 0 Å². The van der Waals surface area contributed by atoms with Crippen molar-refractivity contribution in [3.05, 3.63) is 33.4 Å². The quantitative estimate of drug-likeness (QED) is 0.305. The zero-order chi connectivity index (χ0) is 8.97. The first-order valence-electron chi connectivity index (χ1n) is 2.93. The minimum absolute atomic E-state index is 0.139. The molecule has 6 heteroatoms. The normalized spacial score (nSPS) is 8.75. The molecule has 0 amide bonds.